The highest BCUT2D eigenvalue weighted by molar-refractivity contribution is 5.50. The smallest absolute Gasteiger partial charge is 0.239 e. The van der Waals surface area contributed by atoms with Crippen molar-refractivity contribution >= 4 is 5.69 Å². The molecule has 0 radical (unpaired) electrons. The molecule has 2 N–H and O–H groups in total. The van der Waals surface area contributed by atoms with E-state index in [1.54, 1.807) is 23.2 Å². The van der Waals surface area contributed by atoms with Gasteiger partial charge in [-0.05, 0) is 32.9 Å². The Balaban J connectivity index is 2.36. The van der Waals surface area contributed by atoms with Crippen LogP contribution in [-0.4, -0.2) is 20.1 Å². The monoisotopic (exact) mass is 232 g/mol. The Morgan fingerprint density at radius 2 is 2.06 bits per heavy atom. The molecule has 0 aliphatic rings. The second-order valence-corrected chi connectivity index (χ2v) is 4.75. The van der Waals surface area contributed by atoms with Crippen LogP contribution >= 0.6 is 0 Å². The Bertz CT molecular complexity index is 500. The maximum Gasteiger partial charge on any atom is 0.239 e. The van der Waals surface area contributed by atoms with Crippen molar-refractivity contribution in [3.63, 3.8) is 0 Å². The van der Waals surface area contributed by atoms with Gasteiger partial charge in [0.1, 0.15) is 17.7 Å². The molecule has 0 aliphatic heterocycles. The molecule has 0 aromatic carbocycles. The summed E-state index contributed by atoms with van der Waals surface area (Å²) < 4.78 is 7.50. The average Bonchev–Trinajstić information content (AvgIpc) is 2.72. The van der Waals surface area contributed by atoms with Crippen molar-refractivity contribution in [1.82, 2.24) is 14.5 Å². The molecule has 0 saturated heterocycles. The number of nitrogens with zero attached hydrogens (tertiary/aromatic N) is 3. The fraction of sp³-hybridized carbons (Fsp3) is 0.333. The molecule has 0 atom stereocenters. The molecule has 90 valence electrons. The highest BCUT2D eigenvalue weighted by Gasteiger charge is 2.15. The second kappa shape index (κ2) is 4.08. The lowest BCUT2D eigenvalue weighted by Gasteiger charge is -2.21. The van der Waals surface area contributed by atoms with Crippen LogP contribution in [0.5, 0.6) is 5.88 Å². The summed E-state index contributed by atoms with van der Waals surface area (Å²) in [5, 5.41) is 0. The number of nitrogens with two attached hydrogens (primary N) is 1. The molecule has 0 amide bonds. The Labute approximate surface area is 100 Å². The SMILES string of the molecule is CC(C)(C)Oc1nc(-n2ccnc2)ccc1N. The highest BCUT2D eigenvalue weighted by atomic mass is 16.5. The third-order valence-electron chi connectivity index (χ3n) is 2.05. The predicted octanol–water partition coefficient (Wildman–Crippen LogP) is 2.03. The fourth-order valence-corrected chi connectivity index (χ4v) is 1.35. The molecule has 2 rings (SSSR count). The summed E-state index contributed by atoms with van der Waals surface area (Å²) in [4.78, 5) is 8.35. The van der Waals surface area contributed by atoms with Gasteiger partial charge in [0.15, 0.2) is 0 Å². The van der Waals surface area contributed by atoms with Gasteiger partial charge < -0.3 is 10.5 Å². The first kappa shape index (κ1) is 11.4. The molecular weight excluding hydrogens is 216 g/mol. The molecule has 0 saturated carbocycles. The van der Waals surface area contributed by atoms with Gasteiger partial charge in [0.2, 0.25) is 5.88 Å². The van der Waals surface area contributed by atoms with Gasteiger partial charge in [-0.15, -0.1) is 0 Å². The van der Waals surface area contributed by atoms with Crippen LogP contribution in [0.2, 0.25) is 0 Å². The van der Waals surface area contributed by atoms with E-state index in [0.29, 0.717) is 11.6 Å². The average molecular weight is 232 g/mol. The van der Waals surface area contributed by atoms with E-state index in [1.165, 1.54) is 0 Å². The lowest BCUT2D eigenvalue weighted by Crippen LogP contribution is -2.24. The summed E-state index contributed by atoms with van der Waals surface area (Å²) >= 11 is 0. The van der Waals surface area contributed by atoms with Crippen molar-refractivity contribution in [2.24, 2.45) is 0 Å². The van der Waals surface area contributed by atoms with Crippen molar-refractivity contribution in [2.75, 3.05) is 5.73 Å². The van der Waals surface area contributed by atoms with Gasteiger partial charge in [0.25, 0.3) is 0 Å². The quantitative estimate of drug-likeness (QED) is 0.860. The molecular formula is C12H16N4O. The van der Waals surface area contributed by atoms with Crippen LogP contribution in [0.3, 0.4) is 0 Å². The van der Waals surface area contributed by atoms with Crippen LogP contribution in [0.4, 0.5) is 5.69 Å². The minimum absolute atomic E-state index is 0.325. The maximum atomic E-state index is 5.84. The summed E-state index contributed by atoms with van der Waals surface area (Å²) in [6.45, 7) is 5.87. The molecule has 0 fully saturated rings. The standard InChI is InChI=1S/C12H16N4O/c1-12(2,3)17-11-9(13)4-5-10(15-11)16-7-6-14-8-16/h4-8H,13H2,1-3H3. The summed E-state index contributed by atoms with van der Waals surface area (Å²) in [5.41, 5.74) is 6.04. The maximum absolute atomic E-state index is 5.84. The van der Waals surface area contributed by atoms with Gasteiger partial charge in [-0.3, -0.25) is 4.57 Å². The number of pyridine rings is 1. The molecule has 0 unspecified atom stereocenters. The first-order valence-corrected chi connectivity index (χ1v) is 5.39. The molecule has 0 bridgehead atoms. The minimum atomic E-state index is -0.325. The first-order valence-electron chi connectivity index (χ1n) is 5.39. The lowest BCUT2D eigenvalue weighted by molar-refractivity contribution is 0.125. The predicted molar refractivity (Wildman–Crippen MR) is 66.2 cm³/mol. The van der Waals surface area contributed by atoms with Crippen LogP contribution in [0.1, 0.15) is 20.8 Å². The zero-order valence-electron chi connectivity index (χ0n) is 10.2. The molecule has 2 aromatic rings. The Kier molecular flexibility index (Phi) is 2.75. The summed E-state index contributed by atoms with van der Waals surface area (Å²) in [5.74, 6) is 1.18. The van der Waals surface area contributed by atoms with E-state index in [-0.39, 0.29) is 5.60 Å². The molecule has 17 heavy (non-hydrogen) atoms. The zero-order valence-corrected chi connectivity index (χ0v) is 10.2. The highest BCUT2D eigenvalue weighted by Crippen LogP contribution is 2.24. The largest absolute Gasteiger partial charge is 0.470 e. The number of hydrogen-bond acceptors (Lipinski definition) is 4. The van der Waals surface area contributed by atoms with E-state index in [4.69, 9.17) is 10.5 Å². The van der Waals surface area contributed by atoms with Gasteiger partial charge in [0.05, 0.1) is 5.69 Å². The van der Waals surface area contributed by atoms with Crippen LogP contribution < -0.4 is 10.5 Å². The van der Waals surface area contributed by atoms with Gasteiger partial charge >= 0.3 is 0 Å². The first-order chi connectivity index (χ1) is 7.96. The van der Waals surface area contributed by atoms with Gasteiger partial charge in [0, 0.05) is 12.4 Å². The third-order valence-corrected chi connectivity index (χ3v) is 2.05. The normalized spacial score (nSPS) is 11.5. The zero-order chi connectivity index (χ0) is 12.5. The topological polar surface area (TPSA) is 66.0 Å². The van der Waals surface area contributed by atoms with Crippen LogP contribution in [-0.2, 0) is 0 Å². The van der Waals surface area contributed by atoms with Crippen molar-refractivity contribution in [3.05, 3.63) is 30.9 Å². The van der Waals surface area contributed by atoms with Crippen LogP contribution in [0.25, 0.3) is 5.82 Å². The molecule has 2 heterocycles. The fourth-order valence-electron chi connectivity index (χ4n) is 1.35. The number of ether oxygens (including phenoxy) is 1. The van der Waals surface area contributed by atoms with Crippen molar-refractivity contribution in [1.29, 1.82) is 0 Å². The lowest BCUT2D eigenvalue weighted by atomic mass is 10.2. The van der Waals surface area contributed by atoms with E-state index in [0.717, 1.165) is 5.82 Å². The van der Waals surface area contributed by atoms with E-state index < -0.39 is 0 Å². The van der Waals surface area contributed by atoms with Crippen molar-refractivity contribution in [3.8, 4) is 11.7 Å². The van der Waals surface area contributed by atoms with E-state index >= 15 is 0 Å². The summed E-state index contributed by atoms with van der Waals surface area (Å²) in [6.07, 6.45) is 5.20. The second-order valence-electron chi connectivity index (χ2n) is 4.75. The van der Waals surface area contributed by atoms with Crippen LogP contribution in [0, 0.1) is 0 Å². The number of anilines is 1. The number of aromatic nitrogens is 3. The van der Waals surface area contributed by atoms with Crippen molar-refractivity contribution in [2.45, 2.75) is 26.4 Å². The number of rotatable bonds is 2. The Morgan fingerprint density at radius 3 is 2.65 bits per heavy atom. The number of hydrogen-bond donors (Lipinski definition) is 1. The van der Waals surface area contributed by atoms with Gasteiger partial charge in [-0.1, -0.05) is 0 Å². The summed E-state index contributed by atoms with van der Waals surface area (Å²) in [7, 11) is 0. The van der Waals surface area contributed by atoms with E-state index in [1.807, 2.05) is 33.0 Å². The Hall–Kier alpha value is -2.04. The van der Waals surface area contributed by atoms with E-state index in [2.05, 4.69) is 9.97 Å². The third kappa shape index (κ3) is 2.75. The van der Waals surface area contributed by atoms with Crippen LogP contribution in [0.15, 0.2) is 30.9 Å². The van der Waals surface area contributed by atoms with Gasteiger partial charge in [-0.25, -0.2) is 4.98 Å². The molecule has 2 aromatic heterocycles. The molecule has 5 heteroatoms. The van der Waals surface area contributed by atoms with E-state index in [9.17, 15) is 0 Å². The van der Waals surface area contributed by atoms with Gasteiger partial charge in [-0.2, -0.15) is 4.98 Å². The minimum Gasteiger partial charge on any atom is -0.470 e. The molecule has 0 spiro atoms. The Morgan fingerprint density at radius 1 is 1.29 bits per heavy atom. The summed E-state index contributed by atoms with van der Waals surface area (Å²) in [6, 6.07) is 3.61. The number of nitrogen functional groups attached to an aromatic ring is 1. The molecule has 0 aliphatic carbocycles. The molecule has 5 nitrogen and oxygen atoms in total. The van der Waals surface area contributed by atoms with Crippen molar-refractivity contribution < 1.29 is 4.74 Å². The number of imidazole rings is 1.